The maximum absolute atomic E-state index is 13.5. The zero-order chi connectivity index (χ0) is 26.4. The fourth-order valence-corrected chi connectivity index (χ4v) is 4.32. The monoisotopic (exact) mass is 497 g/mol. The van der Waals surface area contributed by atoms with Gasteiger partial charge in [-0.3, -0.25) is 14.4 Å². The number of hydrogen-bond donors (Lipinski definition) is 1. The Balaban J connectivity index is 1.95. The standard InChI is InChI=1S/C27H35N3O6/c1-17-14-30(19(3)31)18(2)16-36-24-12-11-20(13-22(24)27(33)29(4)15-25(17)35-6)28-26(32)21-9-7-8-10-23(21)34-5/h7-13,17-18,25H,14-16H2,1-6H3,(H,28,32)/t17-,18-,25-/m1/s1. The third kappa shape index (κ3) is 6.15. The van der Waals surface area contributed by atoms with Crippen LogP contribution in [-0.4, -0.2) is 80.6 Å². The van der Waals surface area contributed by atoms with Crippen molar-refractivity contribution in [2.75, 3.05) is 46.3 Å². The van der Waals surface area contributed by atoms with Gasteiger partial charge in [0.05, 0.1) is 30.4 Å². The summed E-state index contributed by atoms with van der Waals surface area (Å²) in [6, 6.07) is 11.6. The molecule has 3 rings (SSSR count). The van der Waals surface area contributed by atoms with Crippen molar-refractivity contribution in [3.63, 3.8) is 0 Å². The number of carbonyl (C=O) groups is 3. The molecule has 0 bridgehead atoms. The summed E-state index contributed by atoms with van der Waals surface area (Å²) in [5.41, 5.74) is 1.12. The van der Waals surface area contributed by atoms with E-state index in [2.05, 4.69) is 5.32 Å². The van der Waals surface area contributed by atoms with Crippen molar-refractivity contribution >= 4 is 23.4 Å². The number of fused-ring (bicyclic) bond motifs is 1. The number of hydrogen-bond acceptors (Lipinski definition) is 6. The Hall–Kier alpha value is -3.59. The molecule has 194 valence electrons. The molecule has 2 aromatic carbocycles. The summed E-state index contributed by atoms with van der Waals surface area (Å²) in [7, 11) is 4.81. The maximum atomic E-state index is 13.5. The highest BCUT2D eigenvalue weighted by molar-refractivity contribution is 6.07. The molecule has 36 heavy (non-hydrogen) atoms. The average Bonchev–Trinajstić information content (AvgIpc) is 2.87. The lowest BCUT2D eigenvalue weighted by molar-refractivity contribution is -0.133. The van der Waals surface area contributed by atoms with Crippen LogP contribution in [0.15, 0.2) is 42.5 Å². The maximum Gasteiger partial charge on any atom is 0.259 e. The van der Waals surface area contributed by atoms with Crippen molar-refractivity contribution in [3.8, 4) is 11.5 Å². The summed E-state index contributed by atoms with van der Waals surface area (Å²) >= 11 is 0. The summed E-state index contributed by atoms with van der Waals surface area (Å²) in [4.78, 5) is 42.1. The summed E-state index contributed by atoms with van der Waals surface area (Å²) in [5.74, 6) is 0.140. The lowest BCUT2D eigenvalue weighted by Crippen LogP contribution is -2.48. The first-order valence-corrected chi connectivity index (χ1v) is 11.9. The van der Waals surface area contributed by atoms with Crippen molar-refractivity contribution in [1.29, 1.82) is 0 Å². The largest absolute Gasteiger partial charge is 0.496 e. The molecule has 0 unspecified atom stereocenters. The van der Waals surface area contributed by atoms with E-state index in [1.54, 1.807) is 66.4 Å². The van der Waals surface area contributed by atoms with E-state index in [0.717, 1.165) is 0 Å². The van der Waals surface area contributed by atoms with E-state index in [0.29, 0.717) is 41.4 Å². The number of likely N-dealkylation sites (N-methyl/N-ethyl adjacent to an activating group) is 1. The van der Waals surface area contributed by atoms with E-state index in [1.165, 1.54) is 14.0 Å². The Labute approximate surface area is 212 Å². The van der Waals surface area contributed by atoms with E-state index >= 15 is 0 Å². The van der Waals surface area contributed by atoms with Gasteiger partial charge in [-0.15, -0.1) is 0 Å². The molecule has 1 aliphatic heterocycles. The van der Waals surface area contributed by atoms with Crippen LogP contribution in [-0.2, 0) is 9.53 Å². The Kier molecular flexibility index (Phi) is 8.93. The first-order valence-electron chi connectivity index (χ1n) is 11.9. The molecule has 0 spiro atoms. The number of para-hydroxylation sites is 1. The van der Waals surface area contributed by atoms with Crippen LogP contribution in [0.2, 0.25) is 0 Å². The van der Waals surface area contributed by atoms with Gasteiger partial charge in [0.1, 0.15) is 18.1 Å². The van der Waals surface area contributed by atoms with Crippen molar-refractivity contribution in [2.24, 2.45) is 5.92 Å². The molecule has 1 aliphatic rings. The second kappa shape index (κ2) is 11.9. The zero-order valence-corrected chi connectivity index (χ0v) is 21.7. The molecule has 0 fully saturated rings. The normalized spacial score (nSPS) is 20.9. The summed E-state index contributed by atoms with van der Waals surface area (Å²) < 4.78 is 17.0. The summed E-state index contributed by atoms with van der Waals surface area (Å²) in [5, 5.41) is 2.84. The van der Waals surface area contributed by atoms with Crippen LogP contribution in [0.4, 0.5) is 5.69 Å². The van der Waals surface area contributed by atoms with E-state index in [-0.39, 0.29) is 42.4 Å². The SMILES string of the molecule is COc1ccccc1C(=O)Nc1ccc2c(c1)C(=O)N(C)C[C@@H](OC)[C@H](C)CN(C(C)=O)[C@H](C)CO2. The molecular weight excluding hydrogens is 462 g/mol. The fourth-order valence-electron chi connectivity index (χ4n) is 4.32. The van der Waals surface area contributed by atoms with Gasteiger partial charge in [0, 0.05) is 45.8 Å². The molecule has 0 aliphatic carbocycles. The molecule has 9 nitrogen and oxygen atoms in total. The van der Waals surface area contributed by atoms with Crippen LogP contribution in [0.3, 0.4) is 0 Å². The third-order valence-corrected chi connectivity index (χ3v) is 6.46. The molecule has 0 saturated carbocycles. The third-order valence-electron chi connectivity index (χ3n) is 6.46. The van der Waals surface area contributed by atoms with E-state index in [1.807, 2.05) is 13.8 Å². The molecule has 3 amide bonds. The van der Waals surface area contributed by atoms with Crippen LogP contribution in [0.25, 0.3) is 0 Å². The predicted molar refractivity (Wildman–Crippen MR) is 137 cm³/mol. The lowest BCUT2D eigenvalue weighted by Gasteiger charge is -2.35. The van der Waals surface area contributed by atoms with Crippen molar-refractivity contribution in [3.05, 3.63) is 53.6 Å². The number of ether oxygens (including phenoxy) is 3. The Morgan fingerprint density at radius 3 is 2.47 bits per heavy atom. The second-order valence-corrected chi connectivity index (χ2v) is 9.13. The number of nitrogens with zero attached hydrogens (tertiary/aromatic N) is 2. The number of nitrogens with one attached hydrogen (secondary N) is 1. The minimum Gasteiger partial charge on any atom is -0.496 e. The highest BCUT2D eigenvalue weighted by atomic mass is 16.5. The molecular formula is C27H35N3O6. The van der Waals surface area contributed by atoms with Gasteiger partial charge in [-0.2, -0.15) is 0 Å². The van der Waals surface area contributed by atoms with Crippen LogP contribution in [0.1, 0.15) is 41.5 Å². The Morgan fingerprint density at radius 2 is 1.81 bits per heavy atom. The van der Waals surface area contributed by atoms with Crippen LogP contribution in [0.5, 0.6) is 11.5 Å². The summed E-state index contributed by atoms with van der Waals surface area (Å²) in [6.45, 7) is 6.48. The molecule has 2 aromatic rings. The van der Waals surface area contributed by atoms with Crippen molar-refractivity contribution in [1.82, 2.24) is 9.80 Å². The zero-order valence-electron chi connectivity index (χ0n) is 21.7. The molecule has 3 atom stereocenters. The van der Waals surface area contributed by atoms with E-state index < -0.39 is 0 Å². The van der Waals surface area contributed by atoms with Gasteiger partial charge in [-0.05, 0) is 37.3 Å². The van der Waals surface area contributed by atoms with Gasteiger partial charge >= 0.3 is 0 Å². The molecule has 1 N–H and O–H groups in total. The van der Waals surface area contributed by atoms with Crippen LogP contribution in [0, 0.1) is 5.92 Å². The molecule has 0 aromatic heterocycles. The fraction of sp³-hybridized carbons (Fsp3) is 0.444. The number of amides is 3. The highest BCUT2D eigenvalue weighted by Gasteiger charge is 2.29. The molecule has 0 radical (unpaired) electrons. The number of carbonyl (C=O) groups excluding carboxylic acids is 3. The van der Waals surface area contributed by atoms with Crippen LogP contribution < -0.4 is 14.8 Å². The van der Waals surface area contributed by atoms with Gasteiger partial charge in [0.25, 0.3) is 11.8 Å². The molecule has 9 heteroatoms. The molecule has 0 saturated heterocycles. The van der Waals surface area contributed by atoms with Gasteiger partial charge in [-0.1, -0.05) is 19.1 Å². The first-order chi connectivity index (χ1) is 17.2. The number of benzene rings is 2. The Bertz CT molecular complexity index is 1100. The smallest absolute Gasteiger partial charge is 0.259 e. The van der Waals surface area contributed by atoms with Gasteiger partial charge in [0.15, 0.2) is 0 Å². The number of rotatable bonds is 4. The topological polar surface area (TPSA) is 97.4 Å². The molecule has 1 heterocycles. The van der Waals surface area contributed by atoms with Crippen molar-refractivity contribution in [2.45, 2.75) is 32.9 Å². The first kappa shape index (κ1) is 27.0. The Morgan fingerprint density at radius 1 is 1.08 bits per heavy atom. The highest BCUT2D eigenvalue weighted by Crippen LogP contribution is 2.27. The summed E-state index contributed by atoms with van der Waals surface area (Å²) in [6.07, 6.45) is -0.273. The lowest BCUT2D eigenvalue weighted by atomic mass is 10.0. The second-order valence-electron chi connectivity index (χ2n) is 9.13. The predicted octanol–water partition coefficient (Wildman–Crippen LogP) is 3.30. The minimum atomic E-state index is -0.360. The van der Waals surface area contributed by atoms with Gasteiger partial charge < -0.3 is 29.3 Å². The number of anilines is 1. The van der Waals surface area contributed by atoms with Gasteiger partial charge in [0.2, 0.25) is 5.91 Å². The van der Waals surface area contributed by atoms with Gasteiger partial charge in [-0.25, -0.2) is 0 Å². The quantitative estimate of drug-likeness (QED) is 0.696. The van der Waals surface area contributed by atoms with E-state index in [4.69, 9.17) is 14.2 Å². The van der Waals surface area contributed by atoms with E-state index in [9.17, 15) is 14.4 Å². The van der Waals surface area contributed by atoms with Crippen LogP contribution >= 0.6 is 0 Å². The minimum absolute atomic E-state index is 0.0121. The number of methoxy groups -OCH3 is 2. The average molecular weight is 498 g/mol. The van der Waals surface area contributed by atoms with Crippen molar-refractivity contribution < 1.29 is 28.6 Å².